The maximum Gasteiger partial charge on any atom is 0.264 e. The summed E-state index contributed by atoms with van der Waals surface area (Å²) in [5.74, 6) is -0.566. The Bertz CT molecular complexity index is 1150. The molecule has 0 aliphatic carbocycles. The first-order chi connectivity index (χ1) is 14.4. The van der Waals surface area contributed by atoms with Crippen molar-refractivity contribution in [3.8, 4) is 11.1 Å². The zero-order valence-electron chi connectivity index (χ0n) is 16.4. The third-order valence-electron chi connectivity index (χ3n) is 5.20. The van der Waals surface area contributed by atoms with Crippen molar-refractivity contribution in [1.82, 2.24) is 9.21 Å². The molecule has 0 saturated carbocycles. The summed E-state index contributed by atoms with van der Waals surface area (Å²) in [6.07, 6.45) is 0. The molecule has 8 heteroatoms. The first-order valence-electron chi connectivity index (χ1n) is 9.56. The van der Waals surface area contributed by atoms with Gasteiger partial charge in [0.2, 0.25) is 10.0 Å². The molecule has 1 aromatic heterocycles. The molecule has 5 nitrogen and oxygen atoms in total. The number of carbonyl (C=O) groups is 1. The van der Waals surface area contributed by atoms with Gasteiger partial charge in [0.1, 0.15) is 5.82 Å². The van der Waals surface area contributed by atoms with Crippen molar-refractivity contribution >= 4 is 27.3 Å². The number of piperazine rings is 1. The lowest BCUT2D eigenvalue weighted by Crippen LogP contribution is -2.50. The van der Waals surface area contributed by atoms with Crippen LogP contribution in [-0.4, -0.2) is 49.7 Å². The van der Waals surface area contributed by atoms with E-state index in [-0.39, 0.29) is 23.9 Å². The van der Waals surface area contributed by atoms with Crippen LogP contribution in [0.25, 0.3) is 11.1 Å². The zero-order chi connectivity index (χ0) is 21.3. The molecule has 0 bridgehead atoms. The molecule has 1 saturated heterocycles. The predicted octanol–water partition coefficient (Wildman–Crippen LogP) is 4.01. The van der Waals surface area contributed by atoms with Crippen molar-refractivity contribution in [1.29, 1.82) is 0 Å². The molecule has 2 heterocycles. The van der Waals surface area contributed by atoms with Crippen LogP contribution in [0.4, 0.5) is 4.39 Å². The Morgan fingerprint density at radius 2 is 1.57 bits per heavy atom. The topological polar surface area (TPSA) is 57.7 Å². The van der Waals surface area contributed by atoms with E-state index in [0.717, 1.165) is 28.8 Å². The third kappa shape index (κ3) is 4.03. The van der Waals surface area contributed by atoms with E-state index in [0.29, 0.717) is 18.0 Å². The lowest BCUT2D eigenvalue weighted by molar-refractivity contribution is 0.0703. The molecule has 3 aromatic rings. The van der Waals surface area contributed by atoms with Crippen molar-refractivity contribution in [2.45, 2.75) is 11.8 Å². The number of halogens is 1. The molecule has 30 heavy (non-hydrogen) atoms. The number of hydrogen-bond donors (Lipinski definition) is 0. The van der Waals surface area contributed by atoms with Gasteiger partial charge < -0.3 is 4.90 Å². The van der Waals surface area contributed by atoms with Crippen molar-refractivity contribution in [2.24, 2.45) is 0 Å². The molecule has 0 radical (unpaired) electrons. The van der Waals surface area contributed by atoms with Gasteiger partial charge in [-0.1, -0.05) is 29.8 Å². The fourth-order valence-corrected chi connectivity index (χ4v) is 5.77. The highest BCUT2D eigenvalue weighted by Gasteiger charge is 2.31. The smallest absolute Gasteiger partial charge is 0.264 e. The van der Waals surface area contributed by atoms with Crippen LogP contribution in [0, 0.1) is 12.7 Å². The van der Waals surface area contributed by atoms with Gasteiger partial charge in [0.25, 0.3) is 5.91 Å². The maximum absolute atomic E-state index is 13.1. The van der Waals surface area contributed by atoms with Gasteiger partial charge in [0.05, 0.1) is 9.77 Å². The molecule has 156 valence electrons. The van der Waals surface area contributed by atoms with Crippen molar-refractivity contribution in [3.63, 3.8) is 0 Å². The molecule has 4 rings (SSSR count). The number of thiophene rings is 1. The summed E-state index contributed by atoms with van der Waals surface area (Å²) < 4.78 is 40.0. The highest BCUT2D eigenvalue weighted by atomic mass is 32.2. The van der Waals surface area contributed by atoms with E-state index in [1.807, 2.05) is 42.6 Å². The van der Waals surface area contributed by atoms with Crippen LogP contribution >= 0.6 is 11.3 Å². The second-order valence-electron chi connectivity index (χ2n) is 7.18. The molecule has 1 fully saturated rings. The van der Waals surface area contributed by atoms with Gasteiger partial charge in [0, 0.05) is 31.7 Å². The van der Waals surface area contributed by atoms with E-state index in [1.54, 1.807) is 4.90 Å². The summed E-state index contributed by atoms with van der Waals surface area (Å²) in [6, 6.07) is 14.8. The third-order valence-corrected chi connectivity index (χ3v) is 8.01. The molecule has 0 unspecified atom stereocenters. The number of hydrogen-bond acceptors (Lipinski definition) is 4. The number of nitrogens with zero attached hydrogens (tertiary/aromatic N) is 2. The Balaban J connectivity index is 1.47. The van der Waals surface area contributed by atoms with Crippen LogP contribution in [0.3, 0.4) is 0 Å². The average molecular weight is 445 g/mol. The zero-order valence-corrected chi connectivity index (χ0v) is 18.0. The summed E-state index contributed by atoms with van der Waals surface area (Å²) >= 11 is 1.40. The normalized spacial score (nSPS) is 15.3. The summed E-state index contributed by atoms with van der Waals surface area (Å²) in [6.45, 7) is 3.05. The van der Waals surface area contributed by atoms with Crippen molar-refractivity contribution < 1.29 is 17.6 Å². The van der Waals surface area contributed by atoms with E-state index in [9.17, 15) is 17.6 Å². The number of benzene rings is 2. The van der Waals surface area contributed by atoms with E-state index in [2.05, 4.69) is 0 Å². The SMILES string of the molecule is Cc1ccc(-c2ccsc2C(=O)N2CCN(S(=O)(=O)c3ccc(F)cc3)CC2)cc1. The fourth-order valence-electron chi connectivity index (χ4n) is 3.47. The van der Waals surface area contributed by atoms with Gasteiger partial charge in [0.15, 0.2) is 0 Å². The quantitative estimate of drug-likeness (QED) is 0.611. The summed E-state index contributed by atoms with van der Waals surface area (Å²) in [5, 5.41) is 1.90. The van der Waals surface area contributed by atoms with Crippen LogP contribution in [-0.2, 0) is 10.0 Å². The molecule has 1 amide bonds. The predicted molar refractivity (Wildman–Crippen MR) is 116 cm³/mol. The molecular formula is C22H21FN2O3S2. The minimum atomic E-state index is -3.71. The first-order valence-corrected chi connectivity index (χ1v) is 11.9. The lowest BCUT2D eigenvalue weighted by atomic mass is 10.0. The summed E-state index contributed by atoms with van der Waals surface area (Å²) in [7, 11) is -3.71. The highest BCUT2D eigenvalue weighted by molar-refractivity contribution is 7.89. The van der Waals surface area contributed by atoms with Gasteiger partial charge in [-0.3, -0.25) is 4.79 Å². The summed E-state index contributed by atoms with van der Waals surface area (Å²) in [5.41, 5.74) is 3.04. The van der Waals surface area contributed by atoms with Crippen LogP contribution in [0.15, 0.2) is 64.9 Å². The van der Waals surface area contributed by atoms with Crippen LogP contribution in [0.1, 0.15) is 15.2 Å². The molecule has 1 aliphatic heterocycles. The van der Waals surface area contributed by atoms with Crippen LogP contribution in [0.5, 0.6) is 0 Å². The largest absolute Gasteiger partial charge is 0.335 e. The van der Waals surface area contributed by atoms with E-state index < -0.39 is 15.8 Å². The fraction of sp³-hybridized carbons (Fsp3) is 0.227. The molecule has 0 atom stereocenters. The van der Waals surface area contributed by atoms with Gasteiger partial charge in [-0.25, -0.2) is 12.8 Å². The Hall–Kier alpha value is -2.55. The Morgan fingerprint density at radius 3 is 2.20 bits per heavy atom. The molecule has 0 spiro atoms. The Morgan fingerprint density at radius 1 is 0.933 bits per heavy atom. The number of amides is 1. The number of carbonyl (C=O) groups excluding carboxylic acids is 1. The molecular weight excluding hydrogens is 423 g/mol. The van der Waals surface area contributed by atoms with Gasteiger partial charge >= 0.3 is 0 Å². The highest BCUT2D eigenvalue weighted by Crippen LogP contribution is 2.30. The number of aryl methyl sites for hydroxylation is 1. The van der Waals surface area contributed by atoms with Crippen molar-refractivity contribution in [2.75, 3.05) is 26.2 Å². The second kappa shape index (κ2) is 8.29. The van der Waals surface area contributed by atoms with Gasteiger partial charge in [-0.05, 0) is 48.2 Å². The first kappa shape index (κ1) is 20.7. The van der Waals surface area contributed by atoms with E-state index in [1.165, 1.54) is 27.8 Å². The molecule has 1 aliphatic rings. The summed E-state index contributed by atoms with van der Waals surface area (Å²) in [4.78, 5) is 15.5. The Kier molecular flexibility index (Phi) is 5.73. The maximum atomic E-state index is 13.1. The molecule has 2 aromatic carbocycles. The van der Waals surface area contributed by atoms with E-state index in [4.69, 9.17) is 0 Å². The minimum absolute atomic E-state index is 0.0589. The lowest BCUT2D eigenvalue weighted by Gasteiger charge is -2.34. The standard InChI is InChI=1S/C22H21FN2O3S2/c1-16-2-4-17(5-3-16)20-10-15-29-21(20)22(26)24-11-13-25(14-12-24)30(27,28)19-8-6-18(23)7-9-19/h2-10,15H,11-14H2,1H3. The van der Waals surface area contributed by atoms with E-state index >= 15 is 0 Å². The van der Waals surface area contributed by atoms with Crippen molar-refractivity contribution in [3.05, 3.63) is 76.2 Å². The number of sulfonamides is 1. The minimum Gasteiger partial charge on any atom is -0.335 e. The average Bonchev–Trinajstić information content (AvgIpc) is 3.24. The monoisotopic (exact) mass is 444 g/mol. The van der Waals surface area contributed by atoms with Gasteiger partial charge in [-0.2, -0.15) is 4.31 Å². The number of rotatable bonds is 4. The van der Waals surface area contributed by atoms with Gasteiger partial charge in [-0.15, -0.1) is 11.3 Å². The second-order valence-corrected chi connectivity index (χ2v) is 10.0. The van der Waals surface area contributed by atoms with Crippen LogP contribution in [0.2, 0.25) is 0 Å². The molecule has 0 N–H and O–H groups in total. The Labute approximate surface area is 179 Å². The van der Waals surface area contributed by atoms with Crippen LogP contribution < -0.4 is 0 Å².